The molecule has 0 heterocycles. The maximum absolute atomic E-state index is 11.9. The van der Waals surface area contributed by atoms with E-state index in [0.29, 0.717) is 22.8 Å². The van der Waals surface area contributed by atoms with E-state index in [-0.39, 0.29) is 24.5 Å². The quantitative estimate of drug-likeness (QED) is 0.801. The molecule has 2 N–H and O–H groups in total. The van der Waals surface area contributed by atoms with Crippen LogP contribution in [0.3, 0.4) is 0 Å². The molecule has 2 amide bonds. The van der Waals surface area contributed by atoms with Crippen LogP contribution in [-0.2, 0) is 9.53 Å². The lowest BCUT2D eigenvalue weighted by atomic mass is 10.2. The number of carbonyl (C=O) groups is 2. The van der Waals surface area contributed by atoms with E-state index in [1.54, 1.807) is 18.2 Å². The van der Waals surface area contributed by atoms with Crippen molar-refractivity contribution in [3.63, 3.8) is 0 Å². The Morgan fingerprint density at radius 3 is 2.70 bits per heavy atom. The molecule has 2 rings (SSSR count). The van der Waals surface area contributed by atoms with Gasteiger partial charge in [-0.15, -0.1) is 0 Å². The summed E-state index contributed by atoms with van der Waals surface area (Å²) in [6, 6.07) is 4.86. The molecule has 0 unspecified atom stereocenters. The summed E-state index contributed by atoms with van der Waals surface area (Å²) in [5.74, 6) is -0.421. The van der Waals surface area contributed by atoms with Gasteiger partial charge in [0.15, 0.2) is 0 Å². The van der Waals surface area contributed by atoms with Crippen molar-refractivity contribution in [3.8, 4) is 0 Å². The predicted octanol–water partition coefficient (Wildman–Crippen LogP) is 3.38. The second-order valence-electron chi connectivity index (χ2n) is 5.72. The predicted molar refractivity (Wildman–Crippen MR) is 90.9 cm³/mol. The molecular formula is C17H23ClN2O3. The second-order valence-corrected chi connectivity index (χ2v) is 6.12. The Hall–Kier alpha value is -1.59. The zero-order valence-corrected chi connectivity index (χ0v) is 14.1. The van der Waals surface area contributed by atoms with E-state index >= 15 is 0 Å². The Morgan fingerprint density at radius 2 is 2.04 bits per heavy atom. The van der Waals surface area contributed by atoms with Gasteiger partial charge in [-0.25, -0.2) is 0 Å². The number of halogens is 1. The van der Waals surface area contributed by atoms with Gasteiger partial charge < -0.3 is 15.4 Å². The zero-order chi connectivity index (χ0) is 16.7. The fraction of sp³-hybridized carbons (Fsp3) is 0.529. The number of nitrogens with one attached hydrogen (secondary N) is 2. The molecule has 0 atom stereocenters. The smallest absolute Gasteiger partial charge is 0.252 e. The molecule has 0 aliphatic heterocycles. The standard InChI is InChI=1S/C17H23ClN2O3/c1-2-9-19-17(22)14-8-7-12(10-15(14)18)20-16(21)11-23-13-5-3-4-6-13/h7-8,10,13H,2-6,9,11H2,1H3,(H,19,22)(H,20,21). The van der Waals surface area contributed by atoms with Crippen molar-refractivity contribution < 1.29 is 14.3 Å². The molecule has 1 aromatic rings. The van der Waals surface area contributed by atoms with Crippen LogP contribution in [0.2, 0.25) is 5.02 Å². The molecule has 0 aromatic heterocycles. The summed E-state index contributed by atoms with van der Waals surface area (Å²) in [6.45, 7) is 2.63. The molecule has 1 aliphatic rings. The molecule has 0 radical (unpaired) electrons. The van der Waals surface area contributed by atoms with Crippen LogP contribution in [0.4, 0.5) is 5.69 Å². The van der Waals surface area contributed by atoms with Crippen molar-refractivity contribution in [2.24, 2.45) is 0 Å². The second kappa shape index (κ2) is 8.89. The van der Waals surface area contributed by atoms with Crippen LogP contribution in [0.25, 0.3) is 0 Å². The van der Waals surface area contributed by atoms with Gasteiger partial charge in [0.25, 0.3) is 5.91 Å². The number of carbonyl (C=O) groups excluding carboxylic acids is 2. The van der Waals surface area contributed by atoms with Gasteiger partial charge >= 0.3 is 0 Å². The molecule has 0 bridgehead atoms. The van der Waals surface area contributed by atoms with Crippen LogP contribution < -0.4 is 10.6 Å². The van der Waals surface area contributed by atoms with E-state index in [1.807, 2.05) is 6.92 Å². The van der Waals surface area contributed by atoms with Gasteiger partial charge in [-0.3, -0.25) is 9.59 Å². The summed E-state index contributed by atoms with van der Waals surface area (Å²) in [5.41, 5.74) is 0.961. The maximum Gasteiger partial charge on any atom is 0.252 e. The van der Waals surface area contributed by atoms with Gasteiger partial charge in [-0.05, 0) is 37.5 Å². The summed E-state index contributed by atoms with van der Waals surface area (Å²) in [6.07, 6.45) is 5.46. The molecule has 0 saturated heterocycles. The van der Waals surface area contributed by atoms with Crippen molar-refractivity contribution in [1.82, 2.24) is 5.32 Å². The fourth-order valence-electron chi connectivity index (χ4n) is 2.56. The molecule has 5 nitrogen and oxygen atoms in total. The van der Waals surface area contributed by atoms with Gasteiger partial charge in [0, 0.05) is 12.2 Å². The Morgan fingerprint density at radius 1 is 1.30 bits per heavy atom. The SMILES string of the molecule is CCCNC(=O)c1ccc(NC(=O)COC2CCCC2)cc1Cl. The fourth-order valence-corrected chi connectivity index (χ4v) is 2.82. The molecule has 1 saturated carbocycles. The maximum atomic E-state index is 11.9. The van der Waals surface area contributed by atoms with E-state index in [1.165, 1.54) is 12.8 Å². The number of benzene rings is 1. The van der Waals surface area contributed by atoms with Crippen LogP contribution in [0, 0.1) is 0 Å². The van der Waals surface area contributed by atoms with Crippen molar-refractivity contribution in [1.29, 1.82) is 0 Å². The third kappa shape index (κ3) is 5.52. The molecule has 6 heteroatoms. The average molecular weight is 339 g/mol. The Bertz CT molecular complexity index is 557. The van der Waals surface area contributed by atoms with Crippen LogP contribution in [-0.4, -0.2) is 31.1 Å². The van der Waals surface area contributed by atoms with Crippen LogP contribution in [0.1, 0.15) is 49.4 Å². The van der Waals surface area contributed by atoms with Crippen molar-refractivity contribution in [2.75, 3.05) is 18.5 Å². The third-order valence-corrected chi connectivity index (χ3v) is 4.10. The van der Waals surface area contributed by atoms with E-state index in [0.717, 1.165) is 19.3 Å². The minimum Gasteiger partial charge on any atom is -0.368 e. The minimum atomic E-state index is -0.212. The number of hydrogen-bond donors (Lipinski definition) is 2. The Kier molecular flexibility index (Phi) is 6.86. The summed E-state index contributed by atoms with van der Waals surface area (Å²) in [4.78, 5) is 23.8. The Labute approximate surface area is 141 Å². The first-order valence-electron chi connectivity index (χ1n) is 8.09. The average Bonchev–Trinajstić information content (AvgIpc) is 3.04. The molecule has 1 aliphatic carbocycles. The molecule has 0 spiro atoms. The van der Waals surface area contributed by atoms with Crippen molar-refractivity contribution >= 4 is 29.1 Å². The summed E-state index contributed by atoms with van der Waals surface area (Å²) >= 11 is 6.12. The van der Waals surface area contributed by atoms with Crippen LogP contribution in [0.15, 0.2) is 18.2 Å². The lowest BCUT2D eigenvalue weighted by molar-refractivity contribution is -0.122. The number of hydrogen-bond acceptors (Lipinski definition) is 3. The highest BCUT2D eigenvalue weighted by Gasteiger charge is 2.17. The van der Waals surface area contributed by atoms with Gasteiger partial charge in [0.05, 0.1) is 16.7 Å². The molecule has 1 aromatic carbocycles. The molecule has 23 heavy (non-hydrogen) atoms. The number of ether oxygens (including phenoxy) is 1. The first kappa shape index (κ1) is 17.8. The van der Waals surface area contributed by atoms with E-state index in [9.17, 15) is 9.59 Å². The van der Waals surface area contributed by atoms with Crippen LogP contribution >= 0.6 is 11.6 Å². The zero-order valence-electron chi connectivity index (χ0n) is 13.4. The van der Waals surface area contributed by atoms with Crippen LogP contribution in [0.5, 0.6) is 0 Å². The molecular weight excluding hydrogens is 316 g/mol. The highest BCUT2D eigenvalue weighted by atomic mass is 35.5. The monoisotopic (exact) mass is 338 g/mol. The largest absolute Gasteiger partial charge is 0.368 e. The van der Waals surface area contributed by atoms with E-state index in [4.69, 9.17) is 16.3 Å². The van der Waals surface area contributed by atoms with Crippen molar-refractivity contribution in [3.05, 3.63) is 28.8 Å². The Balaban J connectivity index is 1.86. The molecule has 126 valence electrons. The minimum absolute atomic E-state index is 0.0427. The van der Waals surface area contributed by atoms with E-state index < -0.39 is 0 Å². The lowest BCUT2D eigenvalue weighted by Crippen LogP contribution is -2.24. The number of amides is 2. The van der Waals surface area contributed by atoms with Gasteiger partial charge in [-0.2, -0.15) is 0 Å². The highest BCUT2D eigenvalue weighted by molar-refractivity contribution is 6.34. The highest BCUT2D eigenvalue weighted by Crippen LogP contribution is 2.22. The normalized spacial score (nSPS) is 14.7. The van der Waals surface area contributed by atoms with E-state index in [2.05, 4.69) is 10.6 Å². The van der Waals surface area contributed by atoms with Crippen molar-refractivity contribution in [2.45, 2.75) is 45.1 Å². The first-order valence-corrected chi connectivity index (χ1v) is 8.47. The number of rotatable bonds is 7. The first-order chi connectivity index (χ1) is 11.1. The molecule has 1 fully saturated rings. The summed E-state index contributed by atoms with van der Waals surface area (Å²) in [7, 11) is 0. The topological polar surface area (TPSA) is 67.4 Å². The summed E-state index contributed by atoms with van der Waals surface area (Å²) in [5, 5.41) is 5.82. The van der Waals surface area contributed by atoms with Gasteiger partial charge in [-0.1, -0.05) is 31.4 Å². The lowest BCUT2D eigenvalue weighted by Gasteiger charge is -2.12. The third-order valence-electron chi connectivity index (χ3n) is 3.79. The van der Waals surface area contributed by atoms with Gasteiger partial charge in [0.2, 0.25) is 5.91 Å². The number of anilines is 1. The summed E-state index contributed by atoms with van der Waals surface area (Å²) < 4.78 is 5.56. The van der Waals surface area contributed by atoms with Gasteiger partial charge in [0.1, 0.15) is 6.61 Å².